The Morgan fingerprint density at radius 1 is 1.16 bits per heavy atom. The molecule has 3 nitrogen and oxygen atoms in total. The summed E-state index contributed by atoms with van der Waals surface area (Å²) in [7, 11) is 0. The van der Waals surface area contributed by atoms with Crippen LogP contribution in [0.3, 0.4) is 0 Å². The van der Waals surface area contributed by atoms with Gasteiger partial charge < -0.3 is 0 Å². The van der Waals surface area contributed by atoms with E-state index in [1.807, 2.05) is 30.5 Å². The van der Waals surface area contributed by atoms with Gasteiger partial charge in [-0.1, -0.05) is 12.1 Å². The molecule has 0 aliphatic heterocycles. The monoisotopic (exact) mass is 247 g/mol. The third-order valence-corrected chi connectivity index (χ3v) is 3.22. The van der Waals surface area contributed by atoms with Crippen LogP contribution in [-0.4, -0.2) is 9.38 Å². The molecule has 2 heterocycles. The number of aryl methyl sites for hydroxylation is 2. The first-order valence-corrected chi connectivity index (χ1v) is 6.14. The van der Waals surface area contributed by atoms with E-state index in [0.717, 1.165) is 22.6 Å². The second-order valence-corrected chi connectivity index (χ2v) is 4.70. The number of aromatic nitrogens is 2. The van der Waals surface area contributed by atoms with Gasteiger partial charge in [-0.2, -0.15) is 5.26 Å². The molecule has 3 rings (SSSR count). The zero-order chi connectivity index (χ0) is 13.4. The summed E-state index contributed by atoms with van der Waals surface area (Å²) in [6.45, 7) is 4.14. The summed E-state index contributed by atoms with van der Waals surface area (Å²) < 4.78 is 2.11. The van der Waals surface area contributed by atoms with Crippen LogP contribution in [0.25, 0.3) is 16.9 Å². The zero-order valence-corrected chi connectivity index (χ0v) is 10.9. The van der Waals surface area contributed by atoms with Gasteiger partial charge >= 0.3 is 0 Å². The van der Waals surface area contributed by atoms with Crippen LogP contribution in [0, 0.1) is 25.2 Å². The van der Waals surface area contributed by atoms with Crippen LogP contribution in [0.4, 0.5) is 0 Å². The van der Waals surface area contributed by atoms with Gasteiger partial charge in [-0.25, -0.2) is 4.98 Å². The van der Waals surface area contributed by atoms with Crippen LogP contribution in [0.2, 0.25) is 0 Å². The molecule has 0 atom stereocenters. The summed E-state index contributed by atoms with van der Waals surface area (Å²) in [6.07, 6.45) is 1.86. The SMILES string of the molecule is Cc1cc(C)n2c(-c3cccc(C#N)c3)cnc2c1. The molecule has 0 spiro atoms. The first-order valence-electron chi connectivity index (χ1n) is 6.14. The average molecular weight is 247 g/mol. The maximum absolute atomic E-state index is 8.99. The Labute approximate surface area is 111 Å². The Hall–Kier alpha value is -2.60. The molecule has 1 aromatic carbocycles. The maximum atomic E-state index is 8.99. The minimum atomic E-state index is 0.664. The number of hydrogen-bond acceptors (Lipinski definition) is 2. The lowest BCUT2D eigenvalue weighted by Crippen LogP contribution is -1.95. The molecule has 3 aromatic rings. The molecule has 19 heavy (non-hydrogen) atoms. The summed E-state index contributed by atoms with van der Waals surface area (Å²) in [4.78, 5) is 4.45. The van der Waals surface area contributed by atoms with Crippen molar-refractivity contribution in [3.05, 3.63) is 59.4 Å². The summed E-state index contributed by atoms with van der Waals surface area (Å²) in [5.74, 6) is 0. The summed E-state index contributed by atoms with van der Waals surface area (Å²) >= 11 is 0. The van der Waals surface area contributed by atoms with Gasteiger partial charge in [0.15, 0.2) is 0 Å². The lowest BCUT2D eigenvalue weighted by atomic mass is 10.1. The average Bonchev–Trinajstić information content (AvgIpc) is 2.82. The van der Waals surface area contributed by atoms with E-state index < -0.39 is 0 Å². The smallest absolute Gasteiger partial charge is 0.137 e. The van der Waals surface area contributed by atoms with E-state index in [1.54, 1.807) is 0 Å². The fourth-order valence-electron chi connectivity index (χ4n) is 2.43. The number of pyridine rings is 1. The number of nitrogens with zero attached hydrogens (tertiary/aromatic N) is 3. The molecule has 0 fully saturated rings. The van der Waals surface area contributed by atoms with E-state index in [2.05, 4.69) is 41.4 Å². The van der Waals surface area contributed by atoms with Crippen molar-refractivity contribution >= 4 is 5.65 Å². The summed E-state index contributed by atoms with van der Waals surface area (Å²) in [6, 6.07) is 14.0. The second-order valence-electron chi connectivity index (χ2n) is 4.70. The molecule has 3 heteroatoms. The zero-order valence-electron chi connectivity index (χ0n) is 10.9. The van der Waals surface area contributed by atoms with Crippen molar-refractivity contribution in [3.63, 3.8) is 0 Å². The van der Waals surface area contributed by atoms with Gasteiger partial charge in [-0.15, -0.1) is 0 Å². The van der Waals surface area contributed by atoms with E-state index in [4.69, 9.17) is 5.26 Å². The standard InChI is InChI=1S/C16H13N3/c1-11-6-12(2)19-15(10-18-16(19)7-11)14-5-3-4-13(8-14)9-17/h3-8,10H,1-2H3. The van der Waals surface area contributed by atoms with Crippen LogP contribution in [-0.2, 0) is 0 Å². The molecule has 2 aromatic heterocycles. The highest BCUT2D eigenvalue weighted by molar-refractivity contribution is 5.66. The lowest BCUT2D eigenvalue weighted by molar-refractivity contribution is 1.09. The molecular formula is C16H13N3. The Morgan fingerprint density at radius 2 is 2.00 bits per heavy atom. The van der Waals surface area contributed by atoms with Crippen molar-refractivity contribution in [2.24, 2.45) is 0 Å². The third-order valence-electron chi connectivity index (χ3n) is 3.22. The van der Waals surface area contributed by atoms with Crippen LogP contribution < -0.4 is 0 Å². The van der Waals surface area contributed by atoms with Crippen molar-refractivity contribution in [3.8, 4) is 17.3 Å². The van der Waals surface area contributed by atoms with Gasteiger partial charge in [0.25, 0.3) is 0 Å². The van der Waals surface area contributed by atoms with Crippen LogP contribution in [0.1, 0.15) is 16.8 Å². The van der Waals surface area contributed by atoms with Crippen LogP contribution >= 0.6 is 0 Å². The number of benzene rings is 1. The molecule has 0 aliphatic carbocycles. The van der Waals surface area contributed by atoms with Gasteiger partial charge in [0.05, 0.1) is 23.5 Å². The number of nitriles is 1. The largest absolute Gasteiger partial charge is 0.297 e. The van der Waals surface area contributed by atoms with E-state index >= 15 is 0 Å². The molecule has 0 saturated carbocycles. The molecule has 0 saturated heterocycles. The lowest BCUT2D eigenvalue weighted by Gasteiger charge is -2.07. The minimum Gasteiger partial charge on any atom is -0.297 e. The van der Waals surface area contributed by atoms with Crippen molar-refractivity contribution < 1.29 is 0 Å². The molecular weight excluding hydrogens is 234 g/mol. The quantitative estimate of drug-likeness (QED) is 0.660. The number of fused-ring (bicyclic) bond motifs is 1. The predicted molar refractivity (Wildman–Crippen MR) is 74.8 cm³/mol. The van der Waals surface area contributed by atoms with E-state index in [9.17, 15) is 0 Å². The minimum absolute atomic E-state index is 0.664. The number of hydrogen-bond donors (Lipinski definition) is 0. The van der Waals surface area contributed by atoms with Gasteiger partial charge in [0.2, 0.25) is 0 Å². The highest BCUT2D eigenvalue weighted by Crippen LogP contribution is 2.23. The van der Waals surface area contributed by atoms with Crippen molar-refractivity contribution in [2.45, 2.75) is 13.8 Å². The topological polar surface area (TPSA) is 41.1 Å². The Balaban J connectivity index is 2.29. The second kappa shape index (κ2) is 4.25. The summed E-state index contributed by atoms with van der Waals surface area (Å²) in [5.41, 5.74) is 5.98. The fourth-order valence-corrected chi connectivity index (χ4v) is 2.43. The van der Waals surface area contributed by atoms with Crippen molar-refractivity contribution in [2.75, 3.05) is 0 Å². The van der Waals surface area contributed by atoms with E-state index in [-0.39, 0.29) is 0 Å². The number of imidazole rings is 1. The van der Waals surface area contributed by atoms with Gasteiger partial charge in [-0.05, 0) is 43.7 Å². The first kappa shape index (κ1) is 11.5. The molecule has 92 valence electrons. The predicted octanol–water partition coefficient (Wildman–Crippen LogP) is 3.49. The van der Waals surface area contributed by atoms with E-state index in [0.29, 0.717) is 5.56 Å². The van der Waals surface area contributed by atoms with Crippen LogP contribution in [0.15, 0.2) is 42.6 Å². The van der Waals surface area contributed by atoms with Gasteiger partial charge in [0, 0.05) is 11.3 Å². The summed E-state index contributed by atoms with van der Waals surface area (Å²) in [5, 5.41) is 8.99. The maximum Gasteiger partial charge on any atom is 0.137 e. The van der Waals surface area contributed by atoms with Gasteiger partial charge in [-0.3, -0.25) is 4.40 Å². The first-order chi connectivity index (χ1) is 9.19. The molecule has 0 radical (unpaired) electrons. The van der Waals surface area contributed by atoms with Crippen molar-refractivity contribution in [1.29, 1.82) is 5.26 Å². The Bertz CT molecular complexity index is 806. The van der Waals surface area contributed by atoms with Crippen molar-refractivity contribution in [1.82, 2.24) is 9.38 Å². The Morgan fingerprint density at radius 3 is 2.79 bits per heavy atom. The number of rotatable bonds is 1. The van der Waals surface area contributed by atoms with Crippen LogP contribution in [0.5, 0.6) is 0 Å². The third kappa shape index (κ3) is 1.88. The van der Waals surface area contributed by atoms with E-state index in [1.165, 1.54) is 5.56 Å². The highest BCUT2D eigenvalue weighted by atomic mass is 15.0. The molecule has 0 N–H and O–H groups in total. The molecule has 0 bridgehead atoms. The highest BCUT2D eigenvalue weighted by Gasteiger charge is 2.08. The molecule has 0 aliphatic rings. The molecule has 0 amide bonds. The Kier molecular flexibility index (Phi) is 2.57. The molecule has 0 unspecified atom stereocenters. The van der Waals surface area contributed by atoms with Gasteiger partial charge in [0.1, 0.15) is 5.65 Å². The fraction of sp³-hybridized carbons (Fsp3) is 0.125. The normalized spacial score (nSPS) is 10.6.